The topological polar surface area (TPSA) is 80.4 Å². The number of aromatic nitrogens is 4. The van der Waals surface area contributed by atoms with Gasteiger partial charge in [-0.15, -0.1) is 0 Å². The van der Waals surface area contributed by atoms with Crippen LogP contribution in [0.4, 0.5) is 5.82 Å². The Labute approximate surface area is 157 Å². The normalized spacial score (nSPS) is 15.1. The SMILES string of the molecule is COc1cc(-c2noc(CN3CCN(c4cnccn4)CC3)n2)ccc1C. The first kappa shape index (κ1) is 17.4. The standard InChI is InChI=1S/C19H22N6O2/c1-14-3-4-15(11-16(14)26-2)19-22-18(27-23-19)13-24-7-9-25(10-8-24)17-12-20-5-6-21-17/h3-6,11-12H,7-10,13H2,1-2H3. The van der Waals surface area contributed by atoms with Crippen molar-refractivity contribution in [2.45, 2.75) is 13.5 Å². The highest BCUT2D eigenvalue weighted by atomic mass is 16.5. The van der Waals surface area contributed by atoms with Gasteiger partial charge in [0.1, 0.15) is 11.6 Å². The molecule has 0 amide bonds. The van der Waals surface area contributed by atoms with Crippen LogP contribution in [0.2, 0.25) is 0 Å². The highest BCUT2D eigenvalue weighted by molar-refractivity contribution is 5.58. The zero-order valence-corrected chi connectivity index (χ0v) is 15.5. The third kappa shape index (κ3) is 3.90. The van der Waals surface area contributed by atoms with Crippen molar-refractivity contribution in [1.29, 1.82) is 0 Å². The molecule has 1 aliphatic heterocycles. The molecule has 0 atom stereocenters. The molecular weight excluding hydrogens is 344 g/mol. The van der Waals surface area contributed by atoms with E-state index in [0.717, 1.165) is 48.9 Å². The number of piperazine rings is 1. The van der Waals surface area contributed by atoms with E-state index in [4.69, 9.17) is 9.26 Å². The van der Waals surface area contributed by atoms with Crippen LogP contribution in [0.1, 0.15) is 11.5 Å². The van der Waals surface area contributed by atoms with Gasteiger partial charge in [-0.1, -0.05) is 17.3 Å². The summed E-state index contributed by atoms with van der Waals surface area (Å²) in [5, 5.41) is 4.12. The van der Waals surface area contributed by atoms with E-state index >= 15 is 0 Å². The van der Waals surface area contributed by atoms with Gasteiger partial charge in [-0.3, -0.25) is 9.88 Å². The smallest absolute Gasteiger partial charge is 0.241 e. The van der Waals surface area contributed by atoms with Crippen molar-refractivity contribution in [3.8, 4) is 17.1 Å². The molecule has 4 rings (SSSR count). The Hall–Kier alpha value is -3.00. The first-order valence-electron chi connectivity index (χ1n) is 8.94. The molecule has 0 bridgehead atoms. The monoisotopic (exact) mass is 366 g/mol. The summed E-state index contributed by atoms with van der Waals surface area (Å²) in [5.74, 6) is 2.95. The van der Waals surface area contributed by atoms with E-state index in [2.05, 4.69) is 29.9 Å². The van der Waals surface area contributed by atoms with Crippen LogP contribution in [0.3, 0.4) is 0 Å². The van der Waals surface area contributed by atoms with Crippen LogP contribution in [0.5, 0.6) is 5.75 Å². The molecule has 3 heterocycles. The molecule has 0 radical (unpaired) electrons. The van der Waals surface area contributed by atoms with Gasteiger partial charge in [-0.2, -0.15) is 4.98 Å². The zero-order chi connectivity index (χ0) is 18.6. The number of aryl methyl sites for hydroxylation is 1. The van der Waals surface area contributed by atoms with Crippen molar-refractivity contribution >= 4 is 5.82 Å². The van der Waals surface area contributed by atoms with Gasteiger partial charge in [0, 0.05) is 44.1 Å². The molecule has 1 fully saturated rings. The third-order valence-electron chi connectivity index (χ3n) is 4.74. The molecule has 140 valence electrons. The second kappa shape index (κ2) is 7.71. The minimum atomic E-state index is 0.585. The first-order valence-corrected chi connectivity index (χ1v) is 8.94. The van der Waals surface area contributed by atoms with Crippen molar-refractivity contribution in [3.05, 3.63) is 48.2 Å². The largest absolute Gasteiger partial charge is 0.496 e. The summed E-state index contributed by atoms with van der Waals surface area (Å²) in [7, 11) is 1.66. The predicted molar refractivity (Wildman–Crippen MR) is 101 cm³/mol. The summed E-state index contributed by atoms with van der Waals surface area (Å²) in [6.45, 7) is 6.26. The number of anilines is 1. The van der Waals surface area contributed by atoms with E-state index in [1.807, 2.05) is 25.1 Å². The molecule has 1 aliphatic rings. The fourth-order valence-electron chi connectivity index (χ4n) is 3.18. The molecule has 0 N–H and O–H groups in total. The lowest BCUT2D eigenvalue weighted by molar-refractivity contribution is 0.215. The number of benzene rings is 1. The summed E-state index contributed by atoms with van der Waals surface area (Å²) >= 11 is 0. The Morgan fingerprint density at radius 1 is 1.15 bits per heavy atom. The molecule has 0 saturated carbocycles. The molecule has 3 aromatic rings. The zero-order valence-electron chi connectivity index (χ0n) is 15.5. The van der Waals surface area contributed by atoms with Gasteiger partial charge in [0.25, 0.3) is 0 Å². The fraction of sp³-hybridized carbons (Fsp3) is 0.368. The average molecular weight is 366 g/mol. The Bertz CT molecular complexity index is 890. The molecule has 8 nitrogen and oxygen atoms in total. The summed E-state index contributed by atoms with van der Waals surface area (Å²) in [4.78, 5) is 17.6. The van der Waals surface area contributed by atoms with Gasteiger partial charge >= 0.3 is 0 Å². The van der Waals surface area contributed by atoms with Crippen molar-refractivity contribution in [2.24, 2.45) is 0 Å². The van der Waals surface area contributed by atoms with Crippen LogP contribution in [-0.4, -0.2) is 58.3 Å². The molecule has 27 heavy (non-hydrogen) atoms. The molecule has 8 heteroatoms. The van der Waals surface area contributed by atoms with Gasteiger partial charge in [0.05, 0.1) is 19.9 Å². The lowest BCUT2D eigenvalue weighted by Gasteiger charge is -2.34. The van der Waals surface area contributed by atoms with Gasteiger partial charge in [0.15, 0.2) is 0 Å². The number of ether oxygens (including phenoxy) is 1. The summed E-state index contributed by atoms with van der Waals surface area (Å²) in [5.41, 5.74) is 1.96. The van der Waals surface area contributed by atoms with E-state index in [1.54, 1.807) is 25.7 Å². The average Bonchev–Trinajstić information content (AvgIpc) is 3.18. The van der Waals surface area contributed by atoms with Crippen molar-refractivity contribution in [1.82, 2.24) is 25.0 Å². The first-order chi connectivity index (χ1) is 13.2. The highest BCUT2D eigenvalue weighted by Gasteiger charge is 2.20. The quantitative estimate of drug-likeness (QED) is 0.680. The van der Waals surface area contributed by atoms with E-state index in [9.17, 15) is 0 Å². The second-order valence-electron chi connectivity index (χ2n) is 6.52. The van der Waals surface area contributed by atoms with Gasteiger partial charge in [-0.05, 0) is 18.6 Å². The summed E-state index contributed by atoms with van der Waals surface area (Å²) < 4.78 is 10.8. The number of methoxy groups -OCH3 is 1. The molecule has 2 aromatic heterocycles. The van der Waals surface area contributed by atoms with Crippen LogP contribution >= 0.6 is 0 Å². The van der Waals surface area contributed by atoms with E-state index in [-0.39, 0.29) is 0 Å². The van der Waals surface area contributed by atoms with E-state index in [0.29, 0.717) is 18.3 Å². The maximum atomic E-state index is 5.46. The number of rotatable bonds is 5. The van der Waals surface area contributed by atoms with Crippen LogP contribution in [0, 0.1) is 6.92 Å². The maximum Gasteiger partial charge on any atom is 0.241 e. The number of hydrogen-bond donors (Lipinski definition) is 0. The van der Waals surface area contributed by atoms with Crippen LogP contribution < -0.4 is 9.64 Å². The van der Waals surface area contributed by atoms with Crippen molar-refractivity contribution < 1.29 is 9.26 Å². The van der Waals surface area contributed by atoms with E-state index in [1.165, 1.54) is 0 Å². The van der Waals surface area contributed by atoms with Crippen molar-refractivity contribution in [2.75, 3.05) is 38.2 Å². The van der Waals surface area contributed by atoms with Crippen LogP contribution in [-0.2, 0) is 6.54 Å². The minimum absolute atomic E-state index is 0.585. The molecule has 1 aromatic carbocycles. The molecule has 1 saturated heterocycles. The fourth-order valence-corrected chi connectivity index (χ4v) is 3.18. The lowest BCUT2D eigenvalue weighted by atomic mass is 10.1. The Kier molecular flexibility index (Phi) is 4.97. The molecular formula is C19H22N6O2. The molecule has 0 unspecified atom stereocenters. The van der Waals surface area contributed by atoms with Crippen LogP contribution in [0.25, 0.3) is 11.4 Å². The predicted octanol–water partition coefficient (Wildman–Crippen LogP) is 2.17. The summed E-state index contributed by atoms with van der Waals surface area (Å²) in [6, 6.07) is 5.91. The summed E-state index contributed by atoms with van der Waals surface area (Å²) in [6.07, 6.45) is 5.22. The van der Waals surface area contributed by atoms with Crippen LogP contribution in [0.15, 0.2) is 41.3 Å². The third-order valence-corrected chi connectivity index (χ3v) is 4.74. The highest BCUT2D eigenvalue weighted by Crippen LogP contribution is 2.25. The Balaban J connectivity index is 1.38. The molecule has 0 spiro atoms. The molecule has 0 aliphatic carbocycles. The van der Waals surface area contributed by atoms with Gasteiger partial charge < -0.3 is 14.2 Å². The number of hydrogen-bond acceptors (Lipinski definition) is 8. The Morgan fingerprint density at radius 3 is 2.74 bits per heavy atom. The van der Waals surface area contributed by atoms with E-state index < -0.39 is 0 Å². The minimum Gasteiger partial charge on any atom is -0.496 e. The second-order valence-corrected chi connectivity index (χ2v) is 6.52. The lowest BCUT2D eigenvalue weighted by Crippen LogP contribution is -2.46. The number of nitrogens with zero attached hydrogens (tertiary/aromatic N) is 6. The maximum absolute atomic E-state index is 5.46. The Morgan fingerprint density at radius 2 is 2.00 bits per heavy atom. The van der Waals surface area contributed by atoms with Crippen molar-refractivity contribution in [3.63, 3.8) is 0 Å². The van der Waals surface area contributed by atoms with Gasteiger partial charge in [0.2, 0.25) is 11.7 Å². The van der Waals surface area contributed by atoms with Gasteiger partial charge in [-0.25, -0.2) is 4.98 Å².